The van der Waals surface area contributed by atoms with Gasteiger partial charge in [0.25, 0.3) is 0 Å². The van der Waals surface area contributed by atoms with Crippen molar-refractivity contribution in [2.45, 2.75) is 6.61 Å². The Balaban J connectivity index is 1.90. The van der Waals surface area contributed by atoms with Crippen LogP contribution in [0, 0.1) is 5.82 Å². The Bertz CT molecular complexity index is 1210. The van der Waals surface area contributed by atoms with Crippen LogP contribution < -0.4 is 4.74 Å². The van der Waals surface area contributed by atoms with Crippen molar-refractivity contribution in [3.63, 3.8) is 0 Å². The number of fused-ring (bicyclic) bond motifs is 4. The van der Waals surface area contributed by atoms with Gasteiger partial charge in [0.05, 0.1) is 0 Å². The molecule has 132 valence electrons. The molecule has 3 nitrogen and oxygen atoms in total. The van der Waals surface area contributed by atoms with Crippen LogP contribution in [0.3, 0.4) is 0 Å². The van der Waals surface area contributed by atoms with Crippen molar-refractivity contribution in [1.82, 2.24) is 0 Å². The molecule has 4 aromatic rings. The highest BCUT2D eigenvalue weighted by Gasteiger charge is 2.24. The van der Waals surface area contributed by atoms with Crippen LogP contribution in [0.25, 0.3) is 33.0 Å². The van der Waals surface area contributed by atoms with Crippen molar-refractivity contribution in [2.75, 3.05) is 0 Å². The summed E-state index contributed by atoms with van der Waals surface area (Å²) in [5, 5.41) is 21.5. The topological polar surface area (TPSA) is 49.7 Å². The molecule has 0 aliphatic carbocycles. The fourth-order valence-electron chi connectivity index (χ4n) is 3.76. The van der Waals surface area contributed by atoms with Crippen molar-refractivity contribution >= 4 is 10.8 Å². The summed E-state index contributed by atoms with van der Waals surface area (Å²) in [7, 11) is 0. The van der Waals surface area contributed by atoms with Crippen LogP contribution in [0.5, 0.6) is 17.2 Å². The van der Waals surface area contributed by atoms with Gasteiger partial charge in [0.2, 0.25) is 0 Å². The molecule has 1 aliphatic rings. The van der Waals surface area contributed by atoms with Gasteiger partial charge in [0.15, 0.2) is 0 Å². The Morgan fingerprint density at radius 2 is 1.63 bits per heavy atom. The van der Waals surface area contributed by atoms with Crippen LogP contribution in [0.2, 0.25) is 0 Å². The van der Waals surface area contributed by atoms with E-state index in [1.807, 2.05) is 24.3 Å². The van der Waals surface area contributed by atoms with Crippen LogP contribution in [-0.4, -0.2) is 10.2 Å². The van der Waals surface area contributed by atoms with E-state index in [9.17, 15) is 14.6 Å². The summed E-state index contributed by atoms with van der Waals surface area (Å²) in [6, 6.07) is 18.7. The second-order valence-electron chi connectivity index (χ2n) is 6.67. The Hall–Kier alpha value is -3.53. The highest BCUT2D eigenvalue weighted by molar-refractivity contribution is 6.05. The van der Waals surface area contributed by atoms with Crippen LogP contribution in [0.4, 0.5) is 4.39 Å². The van der Waals surface area contributed by atoms with E-state index in [1.165, 1.54) is 12.1 Å². The van der Waals surface area contributed by atoms with E-state index in [2.05, 4.69) is 0 Å². The molecule has 0 saturated carbocycles. The van der Waals surface area contributed by atoms with E-state index in [0.717, 1.165) is 33.0 Å². The normalized spacial score (nSPS) is 12.3. The molecule has 0 bridgehead atoms. The third-order valence-electron chi connectivity index (χ3n) is 4.94. The van der Waals surface area contributed by atoms with Crippen molar-refractivity contribution in [1.29, 1.82) is 0 Å². The van der Waals surface area contributed by atoms with E-state index in [-0.39, 0.29) is 17.3 Å². The second-order valence-corrected chi connectivity index (χ2v) is 6.67. The minimum Gasteiger partial charge on any atom is -0.508 e. The maximum Gasteiger partial charge on any atom is 0.136 e. The van der Waals surface area contributed by atoms with Gasteiger partial charge in [-0.25, -0.2) is 4.39 Å². The Labute approximate surface area is 154 Å². The molecule has 0 saturated heterocycles. The molecule has 0 atom stereocenters. The number of ether oxygens (including phenoxy) is 1. The summed E-state index contributed by atoms with van der Waals surface area (Å²) < 4.78 is 20.0. The molecular weight excluding hydrogens is 343 g/mol. The molecule has 0 radical (unpaired) electrons. The summed E-state index contributed by atoms with van der Waals surface area (Å²) in [6.45, 7) is 0.309. The lowest BCUT2D eigenvalue weighted by atomic mass is 9.88. The highest BCUT2D eigenvalue weighted by atomic mass is 19.1. The zero-order valence-electron chi connectivity index (χ0n) is 14.2. The number of hydrogen-bond donors (Lipinski definition) is 2. The summed E-state index contributed by atoms with van der Waals surface area (Å²) in [4.78, 5) is 0. The molecule has 1 heterocycles. The zero-order chi connectivity index (χ0) is 18.5. The molecular formula is C23H15FO3. The number of hydrogen-bond acceptors (Lipinski definition) is 3. The van der Waals surface area contributed by atoms with Gasteiger partial charge < -0.3 is 14.9 Å². The fourth-order valence-corrected chi connectivity index (χ4v) is 3.76. The zero-order valence-corrected chi connectivity index (χ0v) is 14.2. The van der Waals surface area contributed by atoms with Gasteiger partial charge in [-0.1, -0.05) is 24.3 Å². The van der Waals surface area contributed by atoms with Crippen LogP contribution in [0.15, 0.2) is 66.7 Å². The SMILES string of the molecule is Oc1ccc2c(c1)COc1c-2cc2ccc(O)cc2c1-c1cccc(F)c1. The van der Waals surface area contributed by atoms with Crippen LogP contribution in [-0.2, 0) is 6.61 Å². The molecule has 0 aromatic heterocycles. The smallest absolute Gasteiger partial charge is 0.136 e. The summed E-state index contributed by atoms with van der Waals surface area (Å²) >= 11 is 0. The lowest BCUT2D eigenvalue weighted by Crippen LogP contribution is -2.07. The van der Waals surface area contributed by atoms with Crippen molar-refractivity contribution in [3.05, 3.63) is 78.1 Å². The largest absolute Gasteiger partial charge is 0.508 e. The molecule has 0 unspecified atom stereocenters. The first kappa shape index (κ1) is 15.7. The van der Waals surface area contributed by atoms with Gasteiger partial charge in [-0.2, -0.15) is 0 Å². The number of rotatable bonds is 1. The molecule has 27 heavy (non-hydrogen) atoms. The van der Waals surface area contributed by atoms with E-state index in [4.69, 9.17) is 4.74 Å². The van der Waals surface area contributed by atoms with Gasteiger partial charge in [-0.15, -0.1) is 0 Å². The summed E-state index contributed by atoms with van der Waals surface area (Å²) in [6.07, 6.45) is 0. The van der Waals surface area contributed by atoms with Gasteiger partial charge >= 0.3 is 0 Å². The first-order valence-corrected chi connectivity index (χ1v) is 8.61. The summed E-state index contributed by atoms with van der Waals surface area (Å²) in [5.74, 6) is 0.648. The molecule has 5 rings (SSSR count). The number of phenols is 2. The average molecular weight is 358 g/mol. The molecule has 4 aromatic carbocycles. The van der Waals surface area contributed by atoms with Gasteiger partial charge in [-0.05, 0) is 64.4 Å². The Kier molecular flexibility index (Phi) is 3.34. The fraction of sp³-hybridized carbons (Fsp3) is 0.0435. The van der Waals surface area contributed by atoms with Gasteiger partial charge in [-0.3, -0.25) is 0 Å². The number of phenolic OH excluding ortho intramolecular Hbond substituents is 2. The van der Waals surface area contributed by atoms with E-state index in [1.54, 1.807) is 30.3 Å². The number of benzene rings is 4. The summed E-state index contributed by atoms with van der Waals surface area (Å²) in [5.41, 5.74) is 4.18. The maximum absolute atomic E-state index is 13.9. The van der Waals surface area contributed by atoms with Crippen molar-refractivity contribution in [3.8, 4) is 39.5 Å². The quantitative estimate of drug-likeness (QED) is 0.464. The molecule has 2 N–H and O–H groups in total. The molecule has 0 amide bonds. The Morgan fingerprint density at radius 3 is 2.48 bits per heavy atom. The van der Waals surface area contributed by atoms with Gasteiger partial charge in [0, 0.05) is 16.7 Å². The van der Waals surface area contributed by atoms with Gasteiger partial charge in [0.1, 0.15) is 29.7 Å². The average Bonchev–Trinajstić information content (AvgIpc) is 2.66. The third kappa shape index (κ3) is 2.49. The maximum atomic E-state index is 13.9. The third-order valence-corrected chi connectivity index (χ3v) is 4.94. The second kappa shape index (κ2) is 5.74. The first-order chi connectivity index (χ1) is 13.1. The van der Waals surface area contributed by atoms with Crippen molar-refractivity contribution < 1.29 is 19.3 Å². The lowest BCUT2D eigenvalue weighted by Gasteiger charge is -2.25. The molecule has 4 heteroatoms. The van der Waals surface area contributed by atoms with Crippen LogP contribution >= 0.6 is 0 Å². The van der Waals surface area contributed by atoms with E-state index in [0.29, 0.717) is 17.9 Å². The molecule has 1 aliphatic heterocycles. The first-order valence-electron chi connectivity index (χ1n) is 8.61. The van der Waals surface area contributed by atoms with E-state index >= 15 is 0 Å². The van der Waals surface area contributed by atoms with E-state index < -0.39 is 0 Å². The number of halogens is 1. The van der Waals surface area contributed by atoms with Crippen molar-refractivity contribution in [2.24, 2.45) is 0 Å². The highest BCUT2D eigenvalue weighted by Crippen LogP contribution is 2.48. The Morgan fingerprint density at radius 1 is 0.815 bits per heavy atom. The standard InChI is InChI=1S/C23H15FO3/c24-16-3-1-2-14(8-16)22-20-11-18(26)5-4-13(20)10-21-19-7-6-17(25)9-15(19)12-27-23(21)22/h1-11,25-26H,12H2. The molecule has 0 fully saturated rings. The minimum atomic E-state index is -0.334. The predicted octanol–water partition coefficient (Wildman–Crippen LogP) is 5.62. The predicted molar refractivity (Wildman–Crippen MR) is 102 cm³/mol. The molecule has 0 spiro atoms. The van der Waals surface area contributed by atoms with Crippen LogP contribution in [0.1, 0.15) is 5.56 Å². The lowest BCUT2D eigenvalue weighted by molar-refractivity contribution is 0.303. The number of aromatic hydroxyl groups is 2. The minimum absolute atomic E-state index is 0.140. The monoisotopic (exact) mass is 358 g/mol.